The zero-order chi connectivity index (χ0) is 11.3. The van der Waals surface area contributed by atoms with Crippen molar-refractivity contribution in [2.45, 2.75) is 6.42 Å². The van der Waals surface area contributed by atoms with Crippen LogP contribution in [0.3, 0.4) is 0 Å². The summed E-state index contributed by atoms with van der Waals surface area (Å²) in [5.41, 5.74) is 0.297. The molecule has 0 aliphatic heterocycles. The molecule has 0 aliphatic carbocycles. The Morgan fingerprint density at radius 3 is 3.00 bits per heavy atom. The Balaban J connectivity index is 2.78. The van der Waals surface area contributed by atoms with Crippen LogP contribution in [0.4, 0.5) is 5.69 Å². The quantitative estimate of drug-likeness (QED) is 0.597. The molecule has 0 aromatic carbocycles. The molecular weight excluding hydrogens is 200 g/mol. The molecule has 1 aromatic heterocycles. The number of pyridine rings is 1. The first-order valence-electron chi connectivity index (χ1n) is 4.08. The molecule has 0 saturated carbocycles. The standard InChI is InChI=1S/C9H8N2O4/c12-9(13)3-1-2-7-6-8(11(14)15)4-5-10-7/h1-2,4-6H,3H2,(H,12,13). The van der Waals surface area contributed by atoms with Crippen LogP contribution < -0.4 is 0 Å². The van der Waals surface area contributed by atoms with E-state index < -0.39 is 10.9 Å². The molecule has 6 heteroatoms. The van der Waals surface area contributed by atoms with E-state index >= 15 is 0 Å². The zero-order valence-electron chi connectivity index (χ0n) is 7.66. The van der Waals surface area contributed by atoms with E-state index in [0.717, 1.165) is 0 Å². The lowest BCUT2D eigenvalue weighted by Gasteiger charge is -1.92. The van der Waals surface area contributed by atoms with Gasteiger partial charge in [-0.05, 0) is 6.08 Å². The van der Waals surface area contributed by atoms with Crippen LogP contribution in [0.25, 0.3) is 6.08 Å². The molecule has 1 rings (SSSR count). The highest BCUT2D eigenvalue weighted by Gasteiger charge is 2.04. The van der Waals surface area contributed by atoms with Crippen molar-refractivity contribution >= 4 is 17.7 Å². The smallest absolute Gasteiger partial charge is 0.307 e. The van der Waals surface area contributed by atoms with Crippen molar-refractivity contribution in [3.8, 4) is 0 Å². The van der Waals surface area contributed by atoms with Gasteiger partial charge in [0.15, 0.2) is 0 Å². The predicted octanol–water partition coefficient (Wildman–Crippen LogP) is 1.48. The summed E-state index contributed by atoms with van der Waals surface area (Å²) in [5, 5.41) is 18.7. The van der Waals surface area contributed by atoms with Crippen LogP contribution in [0.1, 0.15) is 12.1 Å². The average molecular weight is 208 g/mol. The fourth-order valence-corrected chi connectivity index (χ4v) is 0.922. The Morgan fingerprint density at radius 2 is 2.40 bits per heavy atom. The maximum Gasteiger partial charge on any atom is 0.307 e. The average Bonchev–Trinajstić information content (AvgIpc) is 2.17. The van der Waals surface area contributed by atoms with Crippen molar-refractivity contribution in [1.29, 1.82) is 0 Å². The maximum atomic E-state index is 10.4. The lowest BCUT2D eigenvalue weighted by Crippen LogP contribution is -1.91. The highest BCUT2D eigenvalue weighted by Crippen LogP contribution is 2.11. The normalized spacial score (nSPS) is 10.4. The molecule has 0 amide bonds. The van der Waals surface area contributed by atoms with Crippen molar-refractivity contribution in [1.82, 2.24) is 4.98 Å². The number of aromatic nitrogens is 1. The van der Waals surface area contributed by atoms with Gasteiger partial charge in [-0.3, -0.25) is 19.9 Å². The van der Waals surface area contributed by atoms with Gasteiger partial charge in [-0.15, -0.1) is 0 Å². The Bertz CT molecular complexity index is 414. The number of carbonyl (C=O) groups is 1. The molecule has 1 heterocycles. The molecular formula is C9H8N2O4. The van der Waals surface area contributed by atoms with Gasteiger partial charge in [-0.1, -0.05) is 6.08 Å². The molecule has 0 spiro atoms. The lowest BCUT2D eigenvalue weighted by atomic mass is 10.3. The third kappa shape index (κ3) is 3.55. The number of aliphatic carboxylic acids is 1. The summed E-state index contributed by atoms with van der Waals surface area (Å²) in [6.07, 6.45) is 3.98. The molecule has 0 aliphatic rings. The first-order chi connectivity index (χ1) is 7.09. The van der Waals surface area contributed by atoms with Gasteiger partial charge < -0.3 is 5.11 Å². The largest absolute Gasteiger partial charge is 0.481 e. The van der Waals surface area contributed by atoms with E-state index in [1.54, 1.807) is 0 Å². The Hall–Kier alpha value is -2.24. The van der Waals surface area contributed by atoms with Gasteiger partial charge in [-0.2, -0.15) is 0 Å². The number of nitro groups is 1. The fourth-order valence-electron chi connectivity index (χ4n) is 0.922. The van der Waals surface area contributed by atoms with E-state index in [0.29, 0.717) is 5.69 Å². The maximum absolute atomic E-state index is 10.4. The van der Waals surface area contributed by atoms with Gasteiger partial charge in [0.2, 0.25) is 0 Å². The first kappa shape index (κ1) is 10.8. The minimum Gasteiger partial charge on any atom is -0.481 e. The molecule has 15 heavy (non-hydrogen) atoms. The van der Waals surface area contributed by atoms with Gasteiger partial charge in [0.25, 0.3) is 5.69 Å². The zero-order valence-corrected chi connectivity index (χ0v) is 7.66. The van der Waals surface area contributed by atoms with E-state index in [1.807, 2.05) is 0 Å². The van der Waals surface area contributed by atoms with Crippen LogP contribution in [-0.4, -0.2) is 21.0 Å². The SMILES string of the molecule is O=C(O)CC=Cc1cc([N+](=O)[O-])ccn1. The number of hydrogen-bond acceptors (Lipinski definition) is 4. The molecule has 78 valence electrons. The van der Waals surface area contributed by atoms with Crippen molar-refractivity contribution in [3.63, 3.8) is 0 Å². The molecule has 0 unspecified atom stereocenters. The van der Waals surface area contributed by atoms with Gasteiger partial charge in [0, 0.05) is 18.3 Å². The summed E-state index contributed by atoms with van der Waals surface area (Å²) >= 11 is 0. The first-order valence-corrected chi connectivity index (χ1v) is 4.08. The number of carboxylic acid groups (broad SMARTS) is 1. The van der Waals surface area contributed by atoms with Crippen LogP contribution in [0.2, 0.25) is 0 Å². The van der Waals surface area contributed by atoms with Gasteiger partial charge in [0.1, 0.15) is 0 Å². The van der Waals surface area contributed by atoms with E-state index in [4.69, 9.17) is 5.11 Å². The third-order valence-electron chi connectivity index (χ3n) is 1.56. The van der Waals surface area contributed by atoms with Crippen molar-refractivity contribution in [2.75, 3.05) is 0 Å². The van der Waals surface area contributed by atoms with Crippen LogP contribution >= 0.6 is 0 Å². The minimum absolute atomic E-state index is 0.0695. The monoisotopic (exact) mass is 208 g/mol. The second-order valence-corrected chi connectivity index (χ2v) is 2.70. The summed E-state index contributed by atoms with van der Waals surface area (Å²) in [4.78, 5) is 23.9. The fraction of sp³-hybridized carbons (Fsp3) is 0.111. The van der Waals surface area contributed by atoms with Crippen molar-refractivity contribution in [2.24, 2.45) is 0 Å². The van der Waals surface area contributed by atoms with Gasteiger partial charge >= 0.3 is 5.97 Å². The van der Waals surface area contributed by atoms with Crippen molar-refractivity contribution in [3.05, 3.63) is 40.2 Å². The number of rotatable bonds is 4. The summed E-state index contributed by atoms with van der Waals surface area (Å²) in [5.74, 6) is -0.961. The Labute approximate surface area is 85.0 Å². The van der Waals surface area contributed by atoms with Gasteiger partial charge in [-0.25, -0.2) is 0 Å². The van der Waals surface area contributed by atoms with Crippen LogP contribution in [-0.2, 0) is 4.79 Å². The Morgan fingerprint density at radius 1 is 1.67 bits per heavy atom. The molecule has 0 fully saturated rings. The highest BCUT2D eigenvalue weighted by atomic mass is 16.6. The van der Waals surface area contributed by atoms with Crippen LogP contribution in [0.15, 0.2) is 24.4 Å². The van der Waals surface area contributed by atoms with E-state index in [9.17, 15) is 14.9 Å². The summed E-state index contributed by atoms with van der Waals surface area (Å²) in [6.45, 7) is 0. The lowest BCUT2D eigenvalue weighted by molar-refractivity contribution is -0.384. The Kier molecular flexibility index (Phi) is 3.50. The predicted molar refractivity (Wildman–Crippen MR) is 52.2 cm³/mol. The second kappa shape index (κ2) is 4.85. The van der Waals surface area contributed by atoms with Crippen molar-refractivity contribution < 1.29 is 14.8 Å². The number of nitrogens with zero attached hydrogens (tertiary/aromatic N) is 2. The van der Waals surface area contributed by atoms with E-state index in [-0.39, 0.29) is 12.1 Å². The van der Waals surface area contributed by atoms with Crippen LogP contribution in [0.5, 0.6) is 0 Å². The van der Waals surface area contributed by atoms with Crippen LogP contribution in [0, 0.1) is 10.1 Å². The molecule has 0 saturated heterocycles. The third-order valence-corrected chi connectivity index (χ3v) is 1.56. The topological polar surface area (TPSA) is 93.3 Å². The second-order valence-electron chi connectivity index (χ2n) is 2.70. The molecule has 1 aromatic rings. The van der Waals surface area contributed by atoms with E-state index in [2.05, 4.69) is 4.98 Å². The molecule has 0 bridgehead atoms. The minimum atomic E-state index is -0.961. The summed E-state index contributed by atoms with van der Waals surface area (Å²) in [6, 6.07) is 2.55. The molecule has 6 nitrogen and oxygen atoms in total. The molecule has 0 atom stereocenters. The molecule has 1 N–H and O–H groups in total. The van der Waals surface area contributed by atoms with Gasteiger partial charge in [0.05, 0.1) is 17.0 Å². The number of carboxylic acids is 1. The highest BCUT2D eigenvalue weighted by molar-refractivity contribution is 5.70. The van der Waals surface area contributed by atoms with E-state index in [1.165, 1.54) is 30.5 Å². The molecule has 0 radical (unpaired) electrons. The number of hydrogen-bond donors (Lipinski definition) is 1. The summed E-state index contributed by atoms with van der Waals surface area (Å²) < 4.78 is 0. The summed E-state index contributed by atoms with van der Waals surface area (Å²) in [7, 11) is 0.